The number of ether oxygens (including phenoxy) is 2. The predicted octanol–water partition coefficient (Wildman–Crippen LogP) is 3.67. The number of hydrogen-bond donors (Lipinski definition) is 2. The summed E-state index contributed by atoms with van der Waals surface area (Å²) in [6.45, 7) is 5.38. The van der Waals surface area contributed by atoms with Gasteiger partial charge in [0.25, 0.3) is 5.91 Å². The molecule has 7 heteroatoms. The first-order valence-corrected chi connectivity index (χ1v) is 11.5. The fourth-order valence-corrected chi connectivity index (χ4v) is 4.52. The Kier molecular flexibility index (Phi) is 6.38. The summed E-state index contributed by atoms with van der Waals surface area (Å²) in [6.07, 6.45) is 0. The first-order valence-electron chi connectivity index (χ1n) is 11.5. The highest BCUT2D eigenvalue weighted by molar-refractivity contribution is 6.00. The molecule has 0 radical (unpaired) electrons. The molecule has 0 spiro atoms. The maximum absolute atomic E-state index is 13.5. The van der Waals surface area contributed by atoms with Crippen LogP contribution in [0, 0.1) is 0 Å². The van der Waals surface area contributed by atoms with Crippen LogP contribution in [-0.4, -0.2) is 52.2 Å². The lowest BCUT2D eigenvalue weighted by atomic mass is 10.1. The van der Waals surface area contributed by atoms with Gasteiger partial charge in [0.1, 0.15) is 29.4 Å². The van der Waals surface area contributed by atoms with Gasteiger partial charge in [-0.15, -0.1) is 0 Å². The molecule has 1 fully saturated rings. The molecule has 0 aliphatic carbocycles. The summed E-state index contributed by atoms with van der Waals surface area (Å²) in [4.78, 5) is 17.5. The molecule has 2 N–H and O–H groups in total. The smallest absolute Gasteiger partial charge is 0.262 e. The lowest BCUT2D eigenvalue weighted by Crippen LogP contribution is -2.35. The summed E-state index contributed by atoms with van der Waals surface area (Å²) in [5.41, 5.74) is 4.42. The Morgan fingerprint density at radius 2 is 1.68 bits per heavy atom. The van der Waals surface area contributed by atoms with Crippen LogP contribution in [0.2, 0.25) is 0 Å². The van der Waals surface area contributed by atoms with Crippen LogP contribution in [0.5, 0.6) is 17.2 Å². The van der Waals surface area contributed by atoms with E-state index in [2.05, 4.69) is 23.1 Å². The fraction of sp³-hybridized carbons (Fsp3) is 0.296. The number of benzene rings is 3. The van der Waals surface area contributed by atoms with E-state index in [4.69, 9.17) is 9.47 Å². The zero-order valence-corrected chi connectivity index (χ0v) is 18.9. The molecule has 1 amide bonds. The van der Waals surface area contributed by atoms with E-state index in [-0.39, 0.29) is 35.3 Å². The number of carbonyl (C=O) groups excluding carboxylic acids is 1. The number of nitrogens with zero attached hydrogens (tertiary/aromatic N) is 2. The minimum atomic E-state index is -0.327. The Morgan fingerprint density at radius 3 is 2.47 bits per heavy atom. The zero-order valence-electron chi connectivity index (χ0n) is 18.9. The molecule has 0 bridgehead atoms. The number of carbonyl (C=O) groups is 1. The number of phenolic OH excluding ortho intramolecular Hbond substituents is 2. The SMILES string of the molecule is O=C(c1c(O)cc(O)cc1OCc1ccccc1)N1Cc2ccc(CN3CCOCC3)cc2C1. The van der Waals surface area contributed by atoms with Gasteiger partial charge in [-0.1, -0.05) is 48.5 Å². The first-order chi connectivity index (χ1) is 16.6. The topological polar surface area (TPSA) is 82.5 Å². The van der Waals surface area contributed by atoms with Gasteiger partial charge in [-0.2, -0.15) is 0 Å². The highest BCUT2D eigenvalue weighted by atomic mass is 16.5. The number of rotatable bonds is 6. The first kappa shape index (κ1) is 22.3. The third-order valence-corrected chi connectivity index (χ3v) is 6.31. The van der Waals surface area contributed by atoms with Crippen molar-refractivity contribution in [3.05, 3.63) is 88.5 Å². The Bertz CT molecular complexity index is 1180. The summed E-state index contributed by atoms with van der Waals surface area (Å²) in [5, 5.41) is 20.5. The third-order valence-electron chi connectivity index (χ3n) is 6.31. The van der Waals surface area contributed by atoms with Gasteiger partial charge in [-0.05, 0) is 22.3 Å². The Hall–Kier alpha value is -3.55. The second-order valence-corrected chi connectivity index (χ2v) is 8.77. The van der Waals surface area contributed by atoms with Gasteiger partial charge in [0.2, 0.25) is 0 Å². The molecule has 7 nitrogen and oxygen atoms in total. The number of hydrogen-bond acceptors (Lipinski definition) is 6. The van der Waals surface area contributed by atoms with Gasteiger partial charge in [0.15, 0.2) is 0 Å². The average molecular weight is 461 g/mol. The Balaban J connectivity index is 1.32. The van der Waals surface area contributed by atoms with E-state index in [0.717, 1.165) is 49.5 Å². The van der Waals surface area contributed by atoms with E-state index >= 15 is 0 Å². The lowest BCUT2D eigenvalue weighted by molar-refractivity contribution is 0.0342. The van der Waals surface area contributed by atoms with Crippen LogP contribution in [0.1, 0.15) is 32.6 Å². The minimum absolute atomic E-state index is 0.0649. The normalized spacial score (nSPS) is 15.8. The van der Waals surface area contributed by atoms with Crippen molar-refractivity contribution in [3.8, 4) is 17.2 Å². The average Bonchev–Trinajstić information content (AvgIpc) is 3.27. The van der Waals surface area contributed by atoms with Crippen molar-refractivity contribution >= 4 is 5.91 Å². The molecule has 2 heterocycles. The monoisotopic (exact) mass is 460 g/mol. The van der Waals surface area contributed by atoms with Crippen LogP contribution in [0.3, 0.4) is 0 Å². The van der Waals surface area contributed by atoms with Crippen molar-refractivity contribution < 1.29 is 24.5 Å². The number of amides is 1. The summed E-state index contributed by atoms with van der Waals surface area (Å²) < 4.78 is 11.3. The molecule has 2 aliphatic rings. The van der Waals surface area contributed by atoms with Crippen molar-refractivity contribution in [1.29, 1.82) is 0 Å². The summed E-state index contributed by atoms with van der Waals surface area (Å²) >= 11 is 0. The van der Waals surface area contributed by atoms with Crippen molar-refractivity contribution in [3.63, 3.8) is 0 Å². The second kappa shape index (κ2) is 9.75. The molecule has 3 aromatic rings. The number of morpholine rings is 1. The van der Waals surface area contributed by atoms with Crippen LogP contribution < -0.4 is 4.74 Å². The molecule has 176 valence electrons. The van der Waals surface area contributed by atoms with Crippen molar-refractivity contribution in [2.75, 3.05) is 26.3 Å². The quantitative estimate of drug-likeness (QED) is 0.584. The number of fused-ring (bicyclic) bond motifs is 1. The van der Waals surface area contributed by atoms with E-state index in [1.807, 2.05) is 30.3 Å². The number of phenols is 2. The molecule has 1 saturated heterocycles. The fourth-order valence-electron chi connectivity index (χ4n) is 4.52. The maximum Gasteiger partial charge on any atom is 0.262 e. The molecule has 0 atom stereocenters. The Morgan fingerprint density at radius 1 is 0.912 bits per heavy atom. The Labute approximate surface area is 198 Å². The molecule has 34 heavy (non-hydrogen) atoms. The second-order valence-electron chi connectivity index (χ2n) is 8.77. The molecule has 2 aliphatic heterocycles. The molecule has 3 aromatic carbocycles. The van der Waals surface area contributed by atoms with Gasteiger partial charge >= 0.3 is 0 Å². The lowest BCUT2D eigenvalue weighted by Gasteiger charge is -2.26. The number of aromatic hydroxyl groups is 2. The molecular formula is C27H28N2O5. The van der Waals surface area contributed by atoms with Crippen LogP contribution in [0.25, 0.3) is 0 Å². The highest BCUT2D eigenvalue weighted by Gasteiger charge is 2.29. The largest absolute Gasteiger partial charge is 0.508 e. The molecular weight excluding hydrogens is 432 g/mol. The molecule has 0 saturated carbocycles. The zero-order chi connectivity index (χ0) is 23.5. The van der Waals surface area contributed by atoms with E-state index in [1.165, 1.54) is 17.7 Å². The van der Waals surface area contributed by atoms with E-state index in [9.17, 15) is 15.0 Å². The van der Waals surface area contributed by atoms with Crippen LogP contribution in [-0.2, 0) is 31.0 Å². The van der Waals surface area contributed by atoms with Crippen LogP contribution in [0.15, 0.2) is 60.7 Å². The van der Waals surface area contributed by atoms with Gasteiger partial charge in [0, 0.05) is 44.9 Å². The molecule has 0 aromatic heterocycles. The standard InChI is InChI=1S/C27H28N2O5/c30-23-13-24(31)26(25(14-23)34-18-19-4-2-1-3-5-19)27(32)29-16-21-7-6-20(12-22(21)17-29)15-28-8-10-33-11-9-28/h1-7,12-14,30-31H,8-11,15-18H2. The van der Waals surface area contributed by atoms with Gasteiger partial charge < -0.3 is 24.6 Å². The van der Waals surface area contributed by atoms with Crippen LogP contribution >= 0.6 is 0 Å². The molecule has 5 rings (SSSR count). The van der Waals surface area contributed by atoms with Crippen molar-refractivity contribution in [1.82, 2.24) is 9.80 Å². The maximum atomic E-state index is 13.5. The van der Waals surface area contributed by atoms with Gasteiger partial charge in [-0.25, -0.2) is 0 Å². The van der Waals surface area contributed by atoms with Crippen LogP contribution in [0.4, 0.5) is 0 Å². The van der Waals surface area contributed by atoms with Gasteiger partial charge in [-0.3, -0.25) is 9.69 Å². The minimum Gasteiger partial charge on any atom is -0.508 e. The third kappa shape index (κ3) is 4.85. The summed E-state index contributed by atoms with van der Waals surface area (Å²) in [6, 6.07) is 18.5. The predicted molar refractivity (Wildman–Crippen MR) is 127 cm³/mol. The summed E-state index contributed by atoms with van der Waals surface area (Å²) in [7, 11) is 0. The van der Waals surface area contributed by atoms with Gasteiger partial charge in [0.05, 0.1) is 13.2 Å². The summed E-state index contributed by atoms with van der Waals surface area (Å²) in [5.74, 6) is -0.617. The van der Waals surface area contributed by atoms with E-state index in [0.29, 0.717) is 13.1 Å². The van der Waals surface area contributed by atoms with Crippen molar-refractivity contribution in [2.45, 2.75) is 26.2 Å². The molecule has 0 unspecified atom stereocenters. The van der Waals surface area contributed by atoms with Crippen molar-refractivity contribution in [2.24, 2.45) is 0 Å². The highest BCUT2D eigenvalue weighted by Crippen LogP contribution is 2.36. The van der Waals surface area contributed by atoms with E-state index < -0.39 is 0 Å². The van der Waals surface area contributed by atoms with E-state index in [1.54, 1.807) is 4.90 Å².